The minimum absolute atomic E-state index is 0.00113. The number of halogens is 1. The third-order valence-electron chi connectivity index (χ3n) is 3.96. The number of anilines is 1. The molecule has 1 aromatic rings. The number of benzene rings is 1. The van der Waals surface area contributed by atoms with Gasteiger partial charge in [0.2, 0.25) is 5.91 Å². The Balaban J connectivity index is 1.78. The van der Waals surface area contributed by atoms with Crippen molar-refractivity contribution in [3.8, 4) is 0 Å². The van der Waals surface area contributed by atoms with Gasteiger partial charge < -0.3 is 10.1 Å². The second-order valence-corrected chi connectivity index (χ2v) is 5.94. The van der Waals surface area contributed by atoms with E-state index in [1.54, 1.807) is 18.2 Å². The quantitative estimate of drug-likeness (QED) is 0.864. The van der Waals surface area contributed by atoms with Gasteiger partial charge in [-0.15, -0.1) is 0 Å². The van der Waals surface area contributed by atoms with E-state index in [1.807, 2.05) is 6.07 Å². The van der Waals surface area contributed by atoms with Gasteiger partial charge in [0.15, 0.2) is 0 Å². The second-order valence-electron chi connectivity index (χ2n) is 5.50. The smallest absolute Gasteiger partial charge is 0.308 e. The van der Waals surface area contributed by atoms with E-state index in [2.05, 4.69) is 5.32 Å². The zero-order chi connectivity index (χ0) is 15.2. The van der Waals surface area contributed by atoms with Crippen molar-refractivity contribution in [1.29, 1.82) is 0 Å². The lowest BCUT2D eigenvalue weighted by Crippen LogP contribution is -2.25. The van der Waals surface area contributed by atoms with Gasteiger partial charge in [-0.1, -0.05) is 17.7 Å². The van der Waals surface area contributed by atoms with Gasteiger partial charge in [-0.2, -0.15) is 0 Å². The maximum atomic E-state index is 12.0. The van der Waals surface area contributed by atoms with Gasteiger partial charge in [-0.05, 0) is 49.8 Å². The molecule has 0 bridgehead atoms. The van der Waals surface area contributed by atoms with Gasteiger partial charge in [-0.25, -0.2) is 0 Å². The van der Waals surface area contributed by atoms with Crippen LogP contribution in [0.15, 0.2) is 24.3 Å². The summed E-state index contributed by atoms with van der Waals surface area (Å²) >= 11 is 5.88. The van der Waals surface area contributed by atoms with Crippen LogP contribution in [0.1, 0.15) is 32.1 Å². The standard InChI is InChI=1S/C16H20ClNO3/c1-21-16(20)12-7-5-11(6-8-12)9-15(19)18-14-4-2-3-13(17)10-14/h2-4,10-12H,5-9H2,1H3,(H,18,19)/t11-,12+. The molecule has 21 heavy (non-hydrogen) atoms. The summed E-state index contributed by atoms with van der Waals surface area (Å²) in [7, 11) is 1.42. The molecule has 1 saturated carbocycles. The predicted octanol–water partition coefficient (Wildman–Crippen LogP) is 3.65. The first-order valence-electron chi connectivity index (χ1n) is 7.21. The Bertz CT molecular complexity index is 510. The van der Waals surface area contributed by atoms with Gasteiger partial charge in [0, 0.05) is 17.1 Å². The van der Waals surface area contributed by atoms with Crippen molar-refractivity contribution < 1.29 is 14.3 Å². The number of esters is 1. The molecule has 1 N–H and O–H groups in total. The lowest BCUT2D eigenvalue weighted by atomic mass is 9.80. The Labute approximate surface area is 129 Å². The molecule has 1 amide bonds. The molecule has 0 heterocycles. The number of nitrogens with one attached hydrogen (secondary N) is 1. The van der Waals surface area contributed by atoms with Crippen LogP contribution in [-0.2, 0) is 14.3 Å². The molecular formula is C16H20ClNO3. The molecule has 0 saturated heterocycles. The van der Waals surface area contributed by atoms with Crippen LogP contribution in [0.4, 0.5) is 5.69 Å². The molecule has 114 valence electrons. The molecule has 0 aliphatic heterocycles. The number of amides is 1. The zero-order valence-corrected chi connectivity index (χ0v) is 12.9. The second kappa shape index (κ2) is 7.46. The molecule has 0 aromatic heterocycles. The molecular weight excluding hydrogens is 290 g/mol. The Morgan fingerprint density at radius 3 is 2.62 bits per heavy atom. The van der Waals surface area contributed by atoms with Crippen LogP contribution in [0.2, 0.25) is 5.02 Å². The number of hydrogen-bond acceptors (Lipinski definition) is 3. The predicted molar refractivity (Wildman–Crippen MR) is 82.2 cm³/mol. The topological polar surface area (TPSA) is 55.4 Å². The maximum Gasteiger partial charge on any atom is 0.308 e. The van der Waals surface area contributed by atoms with Crippen molar-refractivity contribution in [2.75, 3.05) is 12.4 Å². The van der Waals surface area contributed by atoms with Crippen molar-refractivity contribution in [2.24, 2.45) is 11.8 Å². The van der Waals surface area contributed by atoms with E-state index in [1.165, 1.54) is 7.11 Å². The third-order valence-corrected chi connectivity index (χ3v) is 4.20. The van der Waals surface area contributed by atoms with E-state index in [9.17, 15) is 9.59 Å². The van der Waals surface area contributed by atoms with Crippen molar-refractivity contribution in [3.63, 3.8) is 0 Å². The minimum atomic E-state index is -0.128. The van der Waals surface area contributed by atoms with Crippen molar-refractivity contribution in [1.82, 2.24) is 0 Å². The van der Waals surface area contributed by atoms with Gasteiger partial charge >= 0.3 is 5.97 Å². The van der Waals surface area contributed by atoms with E-state index in [0.717, 1.165) is 31.4 Å². The Morgan fingerprint density at radius 2 is 2.00 bits per heavy atom. The number of hydrogen-bond donors (Lipinski definition) is 1. The third kappa shape index (κ3) is 4.74. The maximum absolute atomic E-state index is 12.0. The van der Waals surface area contributed by atoms with Gasteiger partial charge in [0.1, 0.15) is 0 Å². The van der Waals surface area contributed by atoms with E-state index >= 15 is 0 Å². The fraction of sp³-hybridized carbons (Fsp3) is 0.500. The monoisotopic (exact) mass is 309 g/mol. The van der Waals surface area contributed by atoms with E-state index < -0.39 is 0 Å². The molecule has 0 radical (unpaired) electrons. The summed E-state index contributed by atoms with van der Waals surface area (Å²) < 4.78 is 4.77. The van der Waals surface area contributed by atoms with E-state index in [4.69, 9.17) is 16.3 Å². The van der Waals surface area contributed by atoms with E-state index in [0.29, 0.717) is 17.4 Å². The molecule has 5 heteroatoms. The summed E-state index contributed by atoms with van der Waals surface area (Å²) in [5, 5.41) is 3.46. The SMILES string of the molecule is COC(=O)[C@H]1CC[C@@H](CC(=O)Nc2cccc(Cl)c2)CC1. The molecule has 1 fully saturated rings. The van der Waals surface area contributed by atoms with Crippen molar-refractivity contribution in [2.45, 2.75) is 32.1 Å². The first-order chi connectivity index (χ1) is 10.1. The summed E-state index contributed by atoms with van der Waals surface area (Å²) in [5.41, 5.74) is 0.718. The molecule has 1 aliphatic rings. The zero-order valence-electron chi connectivity index (χ0n) is 12.1. The first-order valence-corrected chi connectivity index (χ1v) is 7.59. The summed E-state index contributed by atoms with van der Waals surface area (Å²) in [6.45, 7) is 0. The molecule has 1 aliphatic carbocycles. The van der Waals surface area contributed by atoms with Crippen molar-refractivity contribution >= 4 is 29.2 Å². The Kier molecular flexibility index (Phi) is 5.62. The summed E-state index contributed by atoms with van der Waals surface area (Å²) in [6, 6.07) is 7.12. The number of carbonyl (C=O) groups is 2. The van der Waals surface area contributed by atoms with Gasteiger partial charge in [-0.3, -0.25) is 9.59 Å². The van der Waals surface area contributed by atoms with Gasteiger partial charge in [0.25, 0.3) is 0 Å². The van der Waals surface area contributed by atoms with Crippen LogP contribution in [0.25, 0.3) is 0 Å². The largest absolute Gasteiger partial charge is 0.469 e. The molecule has 0 spiro atoms. The highest BCUT2D eigenvalue weighted by Crippen LogP contribution is 2.31. The first kappa shape index (κ1) is 15.8. The van der Waals surface area contributed by atoms with Crippen LogP contribution in [0.5, 0.6) is 0 Å². The van der Waals surface area contributed by atoms with Crippen LogP contribution in [0.3, 0.4) is 0 Å². The van der Waals surface area contributed by atoms with Gasteiger partial charge in [0.05, 0.1) is 13.0 Å². The number of ether oxygens (including phenoxy) is 1. The summed E-state index contributed by atoms with van der Waals surface area (Å²) in [6.07, 6.45) is 3.88. The molecule has 0 atom stereocenters. The van der Waals surface area contributed by atoms with Crippen molar-refractivity contribution in [3.05, 3.63) is 29.3 Å². The fourth-order valence-corrected chi connectivity index (χ4v) is 3.00. The number of methoxy groups -OCH3 is 1. The van der Waals surface area contributed by atoms with E-state index in [-0.39, 0.29) is 17.8 Å². The number of carbonyl (C=O) groups excluding carboxylic acids is 2. The van der Waals surface area contributed by atoms with Crippen LogP contribution >= 0.6 is 11.6 Å². The summed E-state index contributed by atoms with van der Waals surface area (Å²) in [4.78, 5) is 23.5. The summed E-state index contributed by atoms with van der Waals surface area (Å²) in [5.74, 6) is 0.211. The average Bonchev–Trinajstić information content (AvgIpc) is 2.47. The van der Waals surface area contributed by atoms with Crippen LogP contribution in [-0.4, -0.2) is 19.0 Å². The highest BCUT2D eigenvalue weighted by atomic mass is 35.5. The Morgan fingerprint density at radius 1 is 1.29 bits per heavy atom. The molecule has 1 aromatic carbocycles. The highest BCUT2D eigenvalue weighted by molar-refractivity contribution is 6.30. The highest BCUT2D eigenvalue weighted by Gasteiger charge is 2.27. The molecule has 0 unspecified atom stereocenters. The van der Waals surface area contributed by atoms with Crippen LogP contribution < -0.4 is 5.32 Å². The minimum Gasteiger partial charge on any atom is -0.469 e. The normalized spacial score (nSPS) is 21.6. The molecule has 4 nitrogen and oxygen atoms in total. The average molecular weight is 310 g/mol. The van der Waals surface area contributed by atoms with Crippen LogP contribution in [0, 0.1) is 11.8 Å². The lowest BCUT2D eigenvalue weighted by molar-refractivity contribution is -0.146. The molecule has 2 rings (SSSR count). The number of rotatable bonds is 4. The lowest BCUT2D eigenvalue weighted by Gasteiger charge is -2.26. The fourth-order valence-electron chi connectivity index (χ4n) is 2.81. The Hall–Kier alpha value is -1.55.